The summed E-state index contributed by atoms with van der Waals surface area (Å²) in [4.78, 5) is 8.67. The summed E-state index contributed by atoms with van der Waals surface area (Å²) in [5.41, 5.74) is 3.28. The molecule has 0 unspecified atom stereocenters. The van der Waals surface area contributed by atoms with Crippen molar-refractivity contribution in [3.8, 4) is 11.3 Å². The molecule has 4 nitrogen and oxygen atoms in total. The molecule has 2 aromatic carbocycles. The van der Waals surface area contributed by atoms with Crippen LogP contribution in [-0.4, -0.2) is 21.1 Å². The van der Waals surface area contributed by atoms with Crippen molar-refractivity contribution in [1.29, 1.82) is 0 Å². The Labute approximate surface area is 140 Å². The third kappa shape index (κ3) is 2.99. The maximum absolute atomic E-state index is 4.35. The summed E-state index contributed by atoms with van der Waals surface area (Å²) >= 11 is 0. The van der Waals surface area contributed by atoms with Crippen molar-refractivity contribution >= 4 is 16.7 Å². The Morgan fingerprint density at radius 3 is 2.62 bits per heavy atom. The number of hydrogen-bond acceptors (Lipinski definition) is 3. The molecule has 0 aliphatic carbocycles. The van der Waals surface area contributed by atoms with Crippen LogP contribution in [0.2, 0.25) is 0 Å². The molecule has 0 aliphatic heterocycles. The summed E-state index contributed by atoms with van der Waals surface area (Å²) in [5.74, 6) is 0.848. The average Bonchev–Trinajstić information content (AvgIpc) is 3.06. The van der Waals surface area contributed by atoms with Crippen LogP contribution in [0.15, 0.2) is 79.3 Å². The minimum absolute atomic E-state index is 0.809. The zero-order valence-corrected chi connectivity index (χ0v) is 13.3. The number of benzene rings is 2. The highest BCUT2D eigenvalue weighted by Crippen LogP contribution is 2.18. The predicted octanol–water partition coefficient (Wildman–Crippen LogP) is 4.21. The Bertz CT molecular complexity index is 944. The first-order chi connectivity index (χ1) is 11.9. The van der Waals surface area contributed by atoms with E-state index in [0.29, 0.717) is 0 Å². The van der Waals surface area contributed by atoms with E-state index in [9.17, 15) is 0 Å². The molecule has 4 heteroatoms. The van der Waals surface area contributed by atoms with Gasteiger partial charge in [0.05, 0.1) is 5.69 Å². The molecule has 0 spiro atoms. The quantitative estimate of drug-likeness (QED) is 0.600. The van der Waals surface area contributed by atoms with Crippen molar-refractivity contribution < 1.29 is 0 Å². The molecule has 0 radical (unpaired) electrons. The summed E-state index contributed by atoms with van der Waals surface area (Å²) in [5, 5.41) is 4.66. The van der Waals surface area contributed by atoms with Crippen LogP contribution in [-0.2, 0) is 6.54 Å². The van der Waals surface area contributed by atoms with Crippen LogP contribution in [0.25, 0.3) is 22.2 Å². The number of para-hydroxylation sites is 1. The van der Waals surface area contributed by atoms with Crippen molar-refractivity contribution in [2.24, 2.45) is 0 Å². The van der Waals surface area contributed by atoms with Crippen LogP contribution >= 0.6 is 0 Å². The smallest absolute Gasteiger partial charge is 0.130 e. The molecule has 0 fully saturated rings. The second kappa shape index (κ2) is 6.54. The number of hydrogen-bond donors (Lipinski definition) is 1. The van der Waals surface area contributed by atoms with E-state index in [-0.39, 0.29) is 0 Å². The Kier molecular flexibility index (Phi) is 3.94. The first-order valence-corrected chi connectivity index (χ1v) is 8.05. The lowest BCUT2D eigenvalue weighted by Gasteiger charge is -2.09. The summed E-state index contributed by atoms with van der Waals surface area (Å²) < 4.78 is 2.25. The largest absolute Gasteiger partial charge is 0.368 e. The van der Waals surface area contributed by atoms with Gasteiger partial charge in [-0.05, 0) is 17.5 Å². The van der Waals surface area contributed by atoms with E-state index in [1.54, 1.807) is 6.33 Å². The van der Waals surface area contributed by atoms with Crippen LogP contribution in [0.3, 0.4) is 0 Å². The first kappa shape index (κ1) is 14.5. The number of nitrogens with zero attached hydrogens (tertiary/aromatic N) is 3. The maximum Gasteiger partial charge on any atom is 0.130 e. The number of anilines is 1. The van der Waals surface area contributed by atoms with Gasteiger partial charge in [-0.3, -0.25) is 0 Å². The Morgan fingerprint density at radius 1 is 0.875 bits per heavy atom. The molecule has 4 aromatic rings. The van der Waals surface area contributed by atoms with Gasteiger partial charge in [-0.1, -0.05) is 48.5 Å². The van der Waals surface area contributed by atoms with E-state index in [2.05, 4.69) is 68.5 Å². The lowest BCUT2D eigenvalue weighted by Crippen LogP contribution is -2.10. The lowest BCUT2D eigenvalue weighted by atomic mass is 10.1. The number of fused-ring (bicyclic) bond motifs is 1. The van der Waals surface area contributed by atoms with Crippen LogP contribution < -0.4 is 5.32 Å². The van der Waals surface area contributed by atoms with Crippen molar-refractivity contribution in [2.45, 2.75) is 6.54 Å². The van der Waals surface area contributed by atoms with Gasteiger partial charge in [0, 0.05) is 36.4 Å². The highest BCUT2D eigenvalue weighted by atomic mass is 15.0. The number of rotatable bonds is 5. The van der Waals surface area contributed by atoms with Gasteiger partial charge >= 0.3 is 0 Å². The molecule has 0 aliphatic rings. The Morgan fingerprint density at radius 2 is 1.71 bits per heavy atom. The molecule has 24 heavy (non-hydrogen) atoms. The third-order valence-corrected chi connectivity index (χ3v) is 4.08. The molecule has 0 atom stereocenters. The number of nitrogens with one attached hydrogen (secondary N) is 1. The molecule has 2 heterocycles. The van der Waals surface area contributed by atoms with Gasteiger partial charge in [-0.15, -0.1) is 0 Å². The normalized spacial score (nSPS) is 10.8. The molecule has 4 rings (SSSR count). The van der Waals surface area contributed by atoms with Gasteiger partial charge < -0.3 is 9.88 Å². The molecular formula is C20H18N4. The van der Waals surface area contributed by atoms with Crippen molar-refractivity contribution in [1.82, 2.24) is 14.5 Å². The van der Waals surface area contributed by atoms with Crippen molar-refractivity contribution in [2.75, 3.05) is 11.9 Å². The highest BCUT2D eigenvalue weighted by molar-refractivity contribution is 5.79. The zero-order valence-electron chi connectivity index (χ0n) is 13.3. The van der Waals surface area contributed by atoms with Crippen LogP contribution in [0.5, 0.6) is 0 Å². The lowest BCUT2D eigenvalue weighted by molar-refractivity contribution is 0.755. The van der Waals surface area contributed by atoms with E-state index < -0.39 is 0 Å². The SMILES string of the molecule is c1ccc(-c2cc(NCCn3ccc4ccccc43)ncn2)cc1. The molecule has 0 bridgehead atoms. The average molecular weight is 314 g/mol. The minimum atomic E-state index is 0.809. The number of aromatic nitrogens is 3. The molecule has 118 valence electrons. The van der Waals surface area contributed by atoms with Gasteiger partial charge in [0.2, 0.25) is 0 Å². The molecule has 0 saturated carbocycles. The van der Waals surface area contributed by atoms with Crippen molar-refractivity contribution in [3.05, 3.63) is 79.3 Å². The van der Waals surface area contributed by atoms with E-state index in [1.165, 1.54) is 10.9 Å². The zero-order chi connectivity index (χ0) is 16.2. The fraction of sp³-hybridized carbons (Fsp3) is 0.100. The second-order valence-corrected chi connectivity index (χ2v) is 5.65. The maximum atomic E-state index is 4.35. The monoisotopic (exact) mass is 314 g/mol. The third-order valence-electron chi connectivity index (χ3n) is 4.08. The van der Waals surface area contributed by atoms with Crippen molar-refractivity contribution in [3.63, 3.8) is 0 Å². The van der Waals surface area contributed by atoms with Gasteiger partial charge in [0.25, 0.3) is 0 Å². The summed E-state index contributed by atoms with van der Waals surface area (Å²) in [6.45, 7) is 1.70. The minimum Gasteiger partial charge on any atom is -0.368 e. The Hall–Kier alpha value is -3.14. The molecule has 0 amide bonds. The van der Waals surface area contributed by atoms with E-state index >= 15 is 0 Å². The van der Waals surface area contributed by atoms with Gasteiger partial charge in [0.1, 0.15) is 12.1 Å². The van der Waals surface area contributed by atoms with E-state index in [4.69, 9.17) is 0 Å². The Balaban J connectivity index is 1.45. The topological polar surface area (TPSA) is 42.7 Å². The molecule has 1 N–H and O–H groups in total. The van der Waals surface area contributed by atoms with Gasteiger partial charge in [0.15, 0.2) is 0 Å². The van der Waals surface area contributed by atoms with Gasteiger partial charge in [-0.25, -0.2) is 9.97 Å². The van der Waals surface area contributed by atoms with E-state index in [1.807, 2.05) is 24.3 Å². The standard InChI is InChI=1S/C20H18N4/c1-2-6-16(7-3-1)18-14-20(23-15-22-18)21-11-13-24-12-10-17-8-4-5-9-19(17)24/h1-10,12,14-15H,11,13H2,(H,21,22,23). The van der Waals surface area contributed by atoms with Crippen LogP contribution in [0, 0.1) is 0 Å². The molecule has 0 saturated heterocycles. The summed E-state index contributed by atoms with van der Waals surface area (Å²) in [6, 6.07) is 22.7. The second-order valence-electron chi connectivity index (χ2n) is 5.65. The van der Waals surface area contributed by atoms with Gasteiger partial charge in [-0.2, -0.15) is 0 Å². The highest BCUT2D eigenvalue weighted by Gasteiger charge is 2.02. The summed E-state index contributed by atoms with van der Waals surface area (Å²) in [6.07, 6.45) is 3.73. The fourth-order valence-corrected chi connectivity index (χ4v) is 2.86. The first-order valence-electron chi connectivity index (χ1n) is 8.05. The van der Waals surface area contributed by atoms with E-state index in [0.717, 1.165) is 30.2 Å². The molecule has 2 aromatic heterocycles. The molecular weight excluding hydrogens is 296 g/mol. The fourth-order valence-electron chi connectivity index (χ4n) is 2.86. The van der Waals surface area contributed by atoms with Crippen LogP contribution in [0.4, 0.5) is 5.82 Å². The summed E-state index contributed by atoms with van der Waals surface area (Å²) in [7, 11) is 0. The predicted molar refractivity (Wildman–Crippen MR) is 97.9 cm³/mol. The van der Waals surface area contributed by atoms with Crippen LogP contribution in [0.1, 0.15) is 0 Å².